The minimum Gasteiger partial charge on any atom is -0.497 e. The summed E-state index contributed by atoms with van der Waals surface area (Å²) in [4.78, 5) is 0. The lowest BCUT2D eigenvalue weighted by molar-refractivity contribution is 0.414. The molecule has 0 N–H and O–H groups in total. The Morgan fingerprint density at radius 1 is 0.727 bits per heavy atom. The molecule has 22 heavy (non-hydrogen) atoms. The van der Waals surface area contributed by atoms with Crippen LogP contribution in [0.15, 0.2) is 54.6 Å². The molecule has 0 fully saturated rings. The zero-order valence-electron chi connectivity index (χ0n) is 14.0. The SMILES string of the molecule is CCCCc1ccccc1.CCCc1ccc(OC)cc1.Cl. The van der Waals surface area contributed by atoms with Crippen LogP contribution in [0.25, 0.3) is 0 Å². The molecule has 1 nitrogen and oxygen atoms in total. The lowest BCUT2D eigenvalue weighted by Crippen LogP contribution is -1.84. The Balaban J connectivity index is 0.000000385. The summed E-state index contributed by atoms with van der Waals surface area (Å²) in [6.07, 6.45) is 6.19. The number of benzene rings is 2. The highest BCUT2D eigenvalue weighted by molar-refractivity contribution is 5.85. The third kappa shape index (κ3) is 8.74. The summed E-state index contributed by atoms with van der Waals surface area (Å²) in [5.41, 5.74) is 2.85. The number of hydrogen-bond donors (Lipinski definition) is 0. The second-order valence-electron chi connectivity index (χ2n) is 5.19. The van der Waals surface area contributed by atoms with Crippen LogP contribution in [-0.4, -0.2) is 7.11 Å². The third-order valence-electron chi connectivity index (χ3n) is 3.36. The zero-order valence-corrected chi connectivity index (χ0v) is 14.9. The molecule has 2 aromatic carbocycles. The van der Waals surface area contributed by atoms with Crippen LogP contribution >= 0.6 is 12.4 Å². The van der Waals surface area contributed by atoms with Crippen molar-refractivity contribution in [2.75, 3.05) is 7.11 Å². The van der Waals surface area contributed by atoms with Gasteiger partial charge in [-0.15, -0.1) is 12.4 Å². The first-order valence-corrected chi connectivity index (χ1v) is 7.97. The van der Waals surface area contributed by atoms with E-state index in [1.807, 2.05) is 12.1 Å². The van der Waals surface area contributed by atoms with E-state index in [9.17, 15) is 0 Å². The van der Waals surface area contributed by atoms with Gasteiger partial charge in [0.05, 0.1) is 7.11 Å². The predicted octanol–water partition coefficient (Wildman–Crippen LogP) is 6.10. The van der Waals surface area contributed by atoms with E-state index in [0.29, 0.717) is 0 Å². The quantitative estimate of drug-likeness (QED) is 0.625. The van der Waals surface area contributed by atoms with Gasteiger partial charge in [0.2, 0.25) is 0 Å². The summed E-state index contributed by atoms with van der Waals surface area (Å²) in [5, 5.41) is 0. The fraction of sp³-hybridized carbons (Fsp3) is 0.400. The minimum atomic E-state index is 0. The topological polar surface area (TPSA) is 9.23 Å². The summed E-state index contributed by atoms with van der Waals surface area (Å²) < 4.78 is 5.05. The molecule has 0 heterocycles. The van der Waals surface area contributed by atoms with E-state index in [1.54, 1.807) is 7.11 Å². The Bertz CT molecular complexity index is 465. The smallest absolute Gasteiger partial charge is 0.118 e. The number of aryl methyl sites for hydroxylation is 2. The number of ether oxygens (including phenoxy) is 1. The maximum atomic E-state index is 5.05. The van der Waals surface area contributed by atoms with Gasteiger partial charge in [-0.1, -0.05) is 69.2 Å². The van der Waals surface area contributed by atoms with E-state index in [4.69, 9.17) is 4.74 Å². The molecule has 0 spiro atoms. The summed E-state index contributed by atoms with van der Waals surface area (Å²) in [7, 11) is 1.69. The van der Waals surface area contributed by atoms with Crippen molar-refractivity contribution in [1.82, 2.24) is 0 Å². The number of unbranched alkanes of at least 4 members (excludes halogenated alkanes) is 1. The molecule has 0 saturated carbocycles. The van der Waals surface area contributed by atoms with Gasteiger partial charge < -0.3 is 4.74 Å². The molecular formula is C20H29ClO. The van der Waals surface area contributed by atoms with E-state index in [-0.39, 0.29) is 12.4 Å². The average molecular weight is 321 g/mol. The van der Waals surface area contributed by atoms with Gasteiger partial charge in [0, 0.05) is 0 Å². The van der Waals surface area contributed by atoms with Crippen molar-refractivity contribution in [2.45, 2.75) is 46.0 Å². The summed E-state index contributed by atoms with van der Waals surface area (Å²) in [6, 6.07) is 18.9. The fourth-order valence-corrected chi connectivity index (χ4v) is 2.11. The highest BCUT2D eigenvalue weighted by Gasteiger charge is 1.91. The molecule has 0 aliphatic carbocycles. The van der Waals surface area contributed by atoms with Crippen molar-refractivity contribution in [3.8, 4) is 5.75 Å². The molecule has 2 heteroatoms. The van der Waals surface area contributed by atoms with Crippen molar-refractivity contribution in [3.63, 3.8) is 0 Å². The molecule has 0 atom stereocenters. The minimum absolute atomic E-state index is 0. The Kier molecular flexibility index (Phi) is 12.3. The second kappa shape index (κ2) is 13.2. The second-order valence-corrected chi connectivity index (χ2v) is 5.19. The number of hydrogen-bond acceptors (Lipinski definition) is 1. The van der Waals surface area contributed by atoms with E-state index >= 15 is 0 Å². The molecule has 0 aliphatic heterocycles. The van der Waals surface area contributed by atoms with Crippen LogP contribution in [0.1, 0.15) is 44.2 Å². The summed E-state index contributed by atoms with van der Waals surface area (Å²) in [6.45, 7) is 4.41. The summed E-state index contributed by atoms with van der Waals surface area (Å²) in [5.74, 6) is 0.935. The Labute approximate surface area is 142 Å². The lowest BCUT2D eigenvalue weighted by Gasteiger charge is -2.00. The van der Waals surface area contributed by atoms with Crippen molar-refractivity contribution in [1.29, 1.82) is 0 Å². The normalized spacial score (nSPS) is 9.23. The lowest BCUT2D eigenvalue weighted by atomic mass is 10.1. The van der Waals surface area contributed by atoms with Crippen molar-refractivity contribution in [3.05, 3.63) is 65.7 Å². The largest absolute Gasteiger partial charge is 0.497 e. The molecule has 0 aliphatic rings. The first-order chi connectivity index (χ1) is 10.3. The Morgan fingerprint density at radius 2 is 1.32 bits per heavy atom. The predicted molar refractivity (Wildman–Crippen MR) is 99.3 cm³/mol. The van der Waals surface area contributed by atoms with Gasteiger partial charge in [0.25, 0.3) is 0 Å². The van der Waals surface area contributed by atoms with Crippen LogP contribution < -0.4 is 4.74 Å². The fourth-order valence-electron chi connectivity index (χ4n) is 2.11. The van der Waals surface area contributed by atoms with Gasteiger partial charge in [0.15, 0.2) is 0 Å². The number of methoxy groups -OCH3 is 1. The molecule has 2 rings (SSSR count). The molecule has 0 unspecified atom stereocenters. The number of halogens is 1. The first kappa shape index (κ1) is 20.5. The number of rotatable bonds is 6. The van der Waals surface area contributed by atoms with Crippen LogP contribution in [0.2, 0.25) is 0 Å². The van der Waals surface area contributed by atoms with Gasteiger partial charge in [0.1, 0.15) is 5.75 Å². The maximum absolute atomic E-state index is 5.05. The Morgan fingerprint density at radius 3 is 1.82 bits per heavy atom. The van der Waals surface area contributed by atoms with Crippen molar-refractivity contribution < 1.29 is 4.74 Å². The van der Waals surface area contributed by atoms with Gasteiger partial charge >= 0.3 is 0 Å². The molecule has 0 aromatic heterocycles. The van der Waals surface area contributed by atoms with Gasteiger partial charge in [-0.05, 0) is 42.5 Å². The molecule has 0 amide bonds. The molecule has 2 aromatic rings. The van der Waals surface area contributed by atoms with E-state index < -0.39 is 0 Å². The monoisotopic (exact) mass is 320 g/mol. The van der Waals surface area contributed by atoms with E-state index in [2.05, 4.69) is 56.3 Å². The first-order valence-electron chi connectivity index (χ1n) is 7.97. The molecule has 0 radical (unpaired) electrons. The van der Waals surface area contributed by atoms with Crippen LogP contribution in [0.5, 0.6) is 5.75 Å². The molecule has 122 valence electrons. The zero-order chi connectivity index (χ0) is 15.3. The van der Waals surface area contributed by atoms with Gasteiger partial charge in [-0.3, -0.25) is 0 Å². The third-order valence-corrected chi connectivity index (χ3v) is 3.36. The van der Waals surface area contributed by atoms with Crippen molar-refractivity contribution >= 4 is 12.4 Å². The summed E-state index contributed by atoms with van der Waals surface area (Å²) >= 11 is 0. The molecule has 0 bridgehead atoms. The highest BCUT2D eigenvalue weighted by Crippen LogP contribution is 2.12. The van der Waals surface area contributed by atoms with Crippen LogP contribution in [0.4, 0.5) is 0 Å². The van der Waals surface area contributed by atoms with E-state index in [0.717, 1.165) is 12.2 Å². The van der Waals surface area contributed by atoms with Crippen LogP contribution in [0.3, 0.4) is 0 Å². The Hall–Kier alpha value is -1.47. The highest BCUT2D eigenvalue weighted by atomic mass is 35.5. The maximum Gasteiger partial charge on any atom is 0.118 e. The van der Waals surface area contributed by atoms with Gasteiger partial charge in [-0.2, -0.15) is 0 Å². The van der Waals surface area contributed by atoms with Crippen molar-refractivity contribution in [2.24, 2.45) is 0 Å². The van der Waals surface area contributed by atoms with Gasteiger partial charge in [-0.25, -0.2) is 0 Å². The van der Waals surface area contributed by atoms with E-state index in [1.165, 1.54) is 36.8 Å². The van der Waals surface area contributed by atoms with Crippen LogP contribution in [0, 0.1) is 0 Å². The molecule has 0 saturated heterocycles. The average Bonchev–Trinajstić information content (AvgIpc) is 2.55. The standard InChI is InChI=1S/C10H14O.C10H14.ClH/c1-3-4-9-5-7-10(11-2)8-6-9;1-2-3-7-10-8-5-4-6-9-10;/h5-8H,3-4H2,1-2H3;4-6,8-9H,2-3,7H2,1H3;1H. The van der Waals surface area contributed by atoms with Crippen LogP contribution in [-0.2, 0) is 12.8 Å². The molecular weight excluding hydrogens is 292 g/mol.